The summed E-state index contributed by atoms with van der Waals surface area (Å²) in [5.74, 6) is 0.172. The van der Waals surface area contributed by atoms with Crippen molar-refractivity contribution in [3.63, 3.8) is 0 Å². The molecule has 0 amide bonds. The molecule has 1 aliphatic rings. The molecule has 0 aromatic carbocycles. The Morgan fingerprint density at radius 2 is 2.39 bits per heavy atom. The molecule has 2 N–H and O–H groups in total. The lowest BCUT2D eigenvalue weighted by Crippen LogP contribution is -2.44. The Hall–Kier alpha value is -0.470. The average molecular weight is 291 g/mol. The van der Waals surface area contributed by atoms with Crippen molar-refractivity contribution < 1.29 is 18.3 Å². The van der Waals surface area contributed by atoms with Crippen molar-refractivity contribution in [2.45, 2.75) is 30.2 Å². The first-order valence-electron chi connectivity index (χ1n) is 5.81. The number of ether oxygens (including phenoxy) is 1. The number of aliphatic hydroxyl groups is 1. The topological polar surface area (TPSA) is 75.6 Å². The normalized spacial score (nSPS) is 25.2. The number of nitrogens with one attached hydrogen (secondary N) is 1. The molecule has 0 spiro atoms. The molecular weight excluding hydrogens is 274 g/mol. The smallest absolute Gasteiger partial charge is 0.250 e. The van der Waals surface area contributed by atoms with Crippen LogP contribution < -0.4 is 4.72 Å². The summed E-state index contributed by atoms with van der Waals surface area (Å²) >= 11 is 1.13. The van der Waals surface area contributed by atoms with Gasteiger partial charge in [0.15, 0.2) is 0 Å². The van der Waals surface area contributed by atoms with Gasteiger partial charge < -0.3 is 9.84 Å². The summed E-state index contributed by atoms with van der Waals surface area (Å²) in [6.07, 6.45) is 0.693. The Balaban J connectivity index is 2.11. The summed E-state index contributed by atoms with van der Waals surface area (Å²) in [6.45, 7) is 3.00. The molecular formula is C11H17NO4S2. The van der Waals surface area contributed by atoms with Crippen molar-refractivity contribution in [3.05, 3.63) is 17.0 Å². The van der Waals surface area contributed by atoms with Gasteiger partial charge >= 0.3 is 0 Å². The molecule has 0 radical (unpaired) electrons. The third kappa shape index (κ3) is 3.10. The second-order valence-electron chi connectivity index (χ2n) is 4.50. The fraction of sp³-hybridized carbons (Fsp3) is 0.636. The van der Waals surface area contributed by atoms with Crippen LogP contribution in [-0.2, 0) is 21.4 Å². The van der Waals surface area contributed by atoms with Gasteiger partial charge in [0.05, 0.1) is 13.2 Å². The quantitative estimate of drug-likeness (QED) is 0.866. The molecule has 1 aromatic rings. The number of hydrogen-bond donors (Lipinski definition) is 2. The summed E-state index contributed by atoms with van der Waals surface area (Å²) in [5.41, 5.74) is 0.625. The van der Waals surface area contributed by atoms with Crippen molar-refractivity contribution >= 4 is 21.4 Å². The number of rotatable bonds is 4. The van der Waals surface area contributed by atoms with Crippen LogP contribution in [0.1, 0.15) is 18.9 Å². The van der Waals surface area contributed by atoms with Gasteiger partial charge in [0.25, 0.3) is 0 Å². The number of aliphatic hydroxyl groups excluding tert-OH is 1. The van der Waals surface area contributed by atoms with E-state index in [2.05, 4.69) is 4.72 Å². The summed E-state index contributed by atoms with van der Waals surface area (Å²) < 4.78 is 32.6. The highest BCUT2D eigenvalue weighted by Crippen LogP contribution is 2.22. The Kier molecular flexibility index (Phi) is 4.39. The largest absolute Gasteiger partial charge is 0.392 e. The molecule has 1 aliphatic heterocycles. The van der Waals surface area contributed by atoms with Gasteiger partial charge in [-0.2, -0.15) is 0 Å². The lowest BCUT2D eigenvalue weighted by atomic mass is 9.99. The molecule has 0 saturated carbocycles. The molecule has 18 heavy (non-hydrogen) atoms. The van der Waals surface area contributed by atoms with Gasteiger partial charge in [0.1, 0.15) is 4.21 Å². The fourth-order valence-corrected chi connectivity index (χ4v) is 4.49. The summed E-state index contributed by atoms with van der Waals surface area (Å²) in [7, 11) is -3.48. The van der Waals surface area contributed by atoms with Crippen LogP contribution in [0.25, 0.3) is 0 Å². The molecule has 0 aliphatic carbocycles. The maximum absolute atomic E-state index is 12.2. The zero-order valence-corrected chi connectivity index (χ0v) is 11.8. The van der Waals surface area contributed by atoms with E-state index >= 15 is 0 Å². The van der Waals surface area contributed by atoms with Crippen LogP contribution in [0.3, 0.4) is 0 Å². The highest BCUT2D eigenvalue weighted by molar-refractivity contribution is 7.91. The van der Waals surface area contributed by atoms with E-state index < -0.39 is 10.0 Å². The predicted molar refractivity (Wildman–Crippen MR) is 69.0 cm³/mol. The second-order valence-corrected chi connectivity index (χ2v) is 7.35. The zero-order valence-electron chi connectivity index (χ0n) is 10.1. The van der Waals surface area contributed by atoms with Gasteiger partial charge in [-0.25, -0.2) is 13.1 Å². The SMILES string of the molecule is CC1COCCC1NS(=O)(=O)c1cc(CO)cs1. The van der Waals surface area contributed by atoms with E-state index in [-0.39, 0.29) is 22.8 Å². The van der Waals surface area contributed by atoms with E-state index in [1.165, 1.54) is 6.07 Å². The van der Waals surface area contributed by atoms with Crippen LogP contribution in [0.5, 0.6) is 0 Å². The van der Waals surface area contributed by atoms with Crippen molar-refractivity contribution in [2.24, 2.45) is 5.92 Å². The zero-order chi connectivity index (χ0) is 13.2. The maximum Gasteiger partial charge on any atom is 0.250 e. The lowest BCUT2D eigenvalue weighted by molar-refractivity contribution is 0.0450. The Morgan fingerprint density at radius 1 is 1.61 bits per heavy atom. The standard InChI is InChI=1S/C11H17NO4S2/c1-8-6-16-3-2-10(8)12-18(14,15)11-4-9(5-13)7-17-11/h4,7-8,10,12-13H,2-3,5-6H2,1H3. The third-order valence-corrected chi connectivity index (χ3v) is 6.00. The van der Waals surface area contributed by atoms with Gasteiger partial charge in [-0.15, -0.1) is 11.3 Å². The van der Waals surface area contributed by atoms with Gasteiger partial charge in [-0.1, -0.05) is 6.92 Å². The molecule has 5 nitrogen and oxygen atoms in total. The van der Waals surface area contributed by atoms with Crippen molar-refractivity contribution in [1.29, 1.82) is 0 Å². The Morgan fingerprint density at radius 3 is 3.00 bits per heavy atom. The van der Waals surface area contributed by atoms with Gasteiger partial charge in [-0.3, -0.25) is 0 Å². The van der Waals surface area contributed by atoms with E-state index in [1.807, 2.05) is 6.92 Å². The molecule has 2 rings (SSSR count). The number of hydrogen-bond acceptors (Lipinski definition) is 5. The van der Waals surface area contributed by atoms with Crippen LogP contribution in [0.2, 0.25) is 0 Å². The first-order chi connectivity index (χ1) is 8.53. The minimum absolute atomic E-state index is 0.0802. The Bertz CT molecular complexity index is 497. The van der Waals surface area contributed by atoms with Crippen LogP contribution in [0.15, 0.2) is 15.7 Å². The average Bonchev–Trinajstić information content (AvgIpc) is 2.81. The first kappa shape index (κ1) is 14.0. The van der Waals surface area contributed by atoms with Gasteiger partial charge in [-0.05, 0) is 29.3 Å². The second kappa shape index (κ2) is 5.66. The third-order valence-electron chi connectivity index (χ3n) is 3.02. The van der Waals surface area contributed by atoms with Crippen molar-refractivity contribution in [3.8, 4) is 0 Å². The first-order valence-corrected chi connectivity index (χ1v) is 8.17. The highest BCUT2D eigenvalue weighted by Gasteiger charge is 2.28. The minimum Gasteiger partial charge on any atom is -0.392 e. The van der Waals surface area contributed by atoms with Gasteiger partial charge in [0, 0.05) is 12.6 Å². The minimum atomic E-state index is -3.48. The highest BCUT2D eigenvalue weighted by atomic mass is 32.2. The fourth-order valence-electron chi connectivity index (χ4n) is 1.89. The predicted octanol–water partition coefficient (Wildman–Crippen LogP) is 0.944. The van der Waals surface area contributed by atoms with Crippen molar-refractivity contribution in [1.82, 2.24) is 4.72 Å². The van der Waals surface area contributed by atoms with E-state index in [0.29, 0.717) is 25.2 Å². The summed E-state index contributed by atoms with van der Waals surface area (Å²) in [5, 5.41) is 10.6. The molecule has 102 valence electrons. The van der Waals surface area contributed by atoms with Crippen LogP contribution in [0.4, 0.5) is 0 Å². The van der Waals surface area contributed by atoms with E-state index in [4.69, 9.17) is 9.84 Å². The molecule has 1 fully saturated rings. The van der Waals surface area contributed by atoms with Crippen molar-refractivity contribution in [2.75, 3.05) is 13.2 Å². The molecule has 2 atom stereocenters. The van der Waals surface area contributed by atoms with Crippen LogP contribution in [-0.4, -0.2) is 32.8 Å². The molecule has 0 bridgehead atoms. The van der Waals surface area contributed by atoms with Crippen LogP contribution in [0, 0.1) is 5.92 Å². The molecule has 1 aromatic heterocycles. The number of thiophene rings is 1. The Labute approximate surface area is 111 Å². The van der Waals surface area contributed by atoms with Crippen LogP contribution >= 0.6 is 11.3 Å². The summed E-state index contributed by atoms with van der Waals surface area (Å²) in [6, 6.07) is 1.43. The molecule has 2 unspecified atom stereocenters. The molecule has 7 heteroatoms. The van der Waals surface area contributed by atoms with E-state index in [0.717, 1.165) is 11.3 Å². The summed E-state index contributed by atoms with van der Waals surface area (Å²) in [4.78, 5) is 0. The van der Waals surface area contributed by atoms with E-state index in [9.17, 15) is 8.42 Å². The van der Waals surface area contributed by atoms with E-state index in [1.54, 1.807) is 5.38 Å². The number of sulfonamides is 1. The molecule has 1 saturated heterocycles. The molecule has 2 heterocycles. The maximum atomic E-state index is 12.2. The lowest BCUT2D eigenvalue weighted by Gasteiger charge is -2.29. The van der Waals surface area contributed by atoms with Gasteiger partial charge in [0.2, 0.25) is 10.0 Å². The monoisotopic (exact) mass is 291 g/mol.